The predicted molar refractivity (Wildman–Crippen MR) is 260 cm³/mol. The number of hydrogen-bond acceptors (Lipinski definition) is 11. The third-order valence-electron chi connectivity index (χ3n) is 11.1. The topological polar surface area (TPSA) is 121 Å². The summed E-state index contributed by atoms with van der Waals surface area (Å²) in [4.78, 5) is 56.4. The highest BCUT2D eigenvalue weighted by molar-refractivity contribution is 5.72. The van der Waals surface area contributed by atoms with E-state index in [1.807, 2.05) is 38.0 Å². The number of rotatable bonds is 41. The SMILES string of the molecule is CCCCC/C=C\C/C=C\CCCCCCCC(=O)OC1[C@H](OC(=O)CCCN(C)C)O[C@H](COC(=O)CCCN(C)C)[C@@H]1OC(=O)CCCCCCC/C=C\C/C=C\CCCCC. The quantitative estimate of drug-likeness (QED) is 0.0252. The number of allylic oxidation sites excluding steroid dienone is 8. The molecule has 1 aliphatic heterocycles. The lowest BCUT2D eigenvalue weighted by Gasteiger charge is -2.24. The lowest BCUT2D eigenvalue weighted by molar-refractivity contribution is -0.200. The van der Waals surface area contributed by atoms with Crippen molar-refractivity contribution in [3.05, 3.63) is 48.6 Å². The molecule has 1 fully saturated rings. The smallest absolute Gasteiger partial charge is 0.308 e. The second kappa shape index (κ2) is 41.2. The van der Waals surface area contributed by atoms with Gasteiger partial charge < -0.3 is 33.5 Å². The van der Waals surface area contributed by atoms with Crippen molar-refractivity contribution in [1.82, 2.24) is 9.80 Å². The number of esters is 4. The molecule has 4 atom stereocenters. The van der Waals surface area contributed by atoms with Crippen LogP contribution in [0, 0.1) is 0 Å². The lowest BCUT2D eigenvalue weighted by Crippen LogP contribution is -2.42. The Hall–Kier alpha value is -3.28. The number of unbranched alkanes of at least 4 members (excludes halogenated alkanes) is 16. The van der Waals surface area contributed by atoms with Crippen LogP contribution < -0.4 is 0 Å². The van der Waals surface area contributed by atoms with Gasteiger partial charge in [-0.1, -0.05) is 127 Å². The molecule has 0 spiro atoms. The number of ether oxygens (including phenoxy) is 5. The molecule has 1 rings (SSSR count). The molecule has 0 saturated carbocycles. The van der Waals surface area contributed by atoms with Gasteiger partial charge in [0.25, 0.3) is 0 Å². The van der Waals surface area contributed by atoms with Crippen LogP contribution in [0.2, 0.25) is 0 Å². The third-order valence-corrected chi connectivity index (χ3v) is 11.1. The zero-order valence-corrected chi connectivity index (χ0v) is 41.4. The highest BCUT2D eigenvalue weighted by Crippen LogP contribution is 2.30. The van der Waals surface area contributed by atoms with E-state index in [-0.39, 0.29) is 32.3 Å². The molecule has 11 heteroatoms. The molecule has 11 nitrogen and oxygen atoms in total. The van der Waals surface area contributed by atoms with Gasteiger partial charge in [-0.25, -0.2) is 0 Å². The van der Waals surface area contributed by atoms with Gasteiger partial charge in [0.2, 0.25) is 12.4 Å². The summed E-state index contributed by atoms with van der Waals surface area (Å²) in [7, 11) is 7.72. The number of carbonyl (C=O) groups is 4. The Morgan fingerprint density at radius 1 is 0.438 bits per heavy atom. The minimum absolute atomic E-state index is 0.132. The maximum atomic E-state index is 13.4. The minimum Gasteiger partial charge on any atom is -0.463 e. The monoisotopic (exact) mass is 901 g/mol. The van der Waals surface area contributed by atoms with E-state index in [0.717, 1.165) is 96.4 Å². The Kier molecular flexibility index (Phi) is 37.8. The van der Waals surface area contributed by atoms with Gasteiger partial charge in [-0.15, -0.1) is 0 Å². The molecule has 0 aromatic rings. The average molecular weight is 901 g/mol. The van der Waals surface area contributed by atoms with E-state index in [1.54, 1.807) is 0 Å². The van der Waals surface area contributed by atoms with Crippen molar-refractivity contribution in [2.75, 3.05) is 47.9 Å². The fraction of sp³-hybridized carbons (Fsp3) is 0.774. The second-order valence-electron chi connectivity index (χ2n) is 17.9. The van der Waals surface area contributed by atoms with Crippen LogP contribution in [0.3, 0.4) is 0 Å². The Bertz CT molecular complexity index is 1310. The van der Waals surface area contributed by atoms with Gasteiger partial charge in [-0.05, 0) is 131 Å². The van der Waals surface area contributed by atoms with Gasteiger partial charge in [0, 0.05) is 25.7 Å². The van der Waals surface area contributed by atoms with Crippen LogP contribution in [-0.4, -0.2) is 106 Å². The summed E-state index contributed by atoms with van der Waals surface area (Å²) in [5, 5.41) is 0. The van der Waals surface area contributed by atoms with Crippen molar-refractivity contribution < 1.29 is 42.9 Å². The Morgan fingerprint density at radius 3 is 1.27 bits per heavy atom. The van der Waals surface area contributed by atoms with E-state index in [2.05, 4.69) is 62.5 Å². The summed E-state index contributed by atoms with van der Waals surface area (Å²) >= 11 is 0. The zero-order chi connectivity index (χ0) is 46.9. The lowest BCUT2D eigenvalue weighted by atomic mass is 10.1. The summed E-state index contributed by atoms with van der Waals surface area (Å²) in [6, 6.07) is 0. The van der Waals surface area contributed by atoms with E-state index < -0.39 is 48.5 Å². The van der Waals surface area contributed by atoms with Crippen molar-refractivity contribution in [1.29, 1.82) is 0 Å². The summed E-state index contributed by atoms with van der Waals surface area (Å²) in [5.74, 6) is -1.88. The van der Waals surface area contributed by atoms with Crippen molar-refractivity contribution in [2.45, 2.75) is 218 Å². The van der Waals surface area contributed by atoms with Crippen LogP contribution in [-0.2, 0) is 42.9 Å². The first kappa shape index (κ1) is 58.7. The van der Waals surface area contributed by atoms with Gasteiger partial charge >= 0.3 is 23.9 Å². The standard InChI is InChI=1S/C53H92N2O9/c1-7-9-11-13-15-17-19-21-23-25-27-29-31-33-35-39-48(57)62-51-46(45-60-47(56)41-37-43-54(3)4)61-53(64-50(59)42-38-44-55(5)6)52(51)63-49(58)40-36-34-32-30-28-26-24-22-20-18-16-14-12-10-8-2/h15-18,21-24,46,51-53H,7-14,19-20,25-45H2,1-6H3/b17-15-,18-16-,23-21-,24-22-/t46-,51+,52?,53+/m1/s1. The Morgan fingerprint density at radius 2 is 0.812 bits per heavy atom. The molecule has 1 aliphatic rings. The zero-order valence-electron chi connectivity index (χ0n) is 41.4. The molecular weight excluding hydrogens is 809 g/mol. The number of nitrogens with zero attached hydrogens (tertiary/aromatic N) is 2. The molecule has 0 amide bonds. The van der Waals surface area contributed by atoms with Gasteiger partial charge in [-0.2, -0.15) is 0 Å². The molecule has 368 valence electrons. The first-order valence-corrected chi connectivity index (χ1v) is 25.4. The first-order valence-electron chi connectivity index (χ1n) is 25.4. The number of hydrogen-bond donors (Lipinski definition) is 0. The van der Waals surface area contributed by atoms with Crippen LogP contribution in [0.25, 0.3) is 0 Å². The molecule has 0 aromatic carbocycles. The molecule has 0 aliphatic carbocycles. The largest absolute Gasteiger partial charge is 0.463 e. The second-order valence-corrected chi connectivity index (χ2v) is 17.9. The summed E-state index contributed by atoms with van der Waals surface area (Å²) < 4.78 is 29.4. The molecule has 1 saturated heterocycles. The van der Waals surface area contributed by atoms with E-state index in [0.29, 0.717) is 32.2 Å². The van der Waals surface area contributed by atoms with Crippen molar-refractivity contribution in [2.24, 2.45) is 0 Å². The molecule has 1 heterocycles. The van der Waals surface area contributed by atoms with Crippen LogP contribution in [0.4, 0.5) is 0 Å². The number of carbonyl (C=O) groups excluding carboxylic acids is 4. The molecule has 0 aromatic heterocycles. The minimum atomic E-state index is -1.31. The normalized spacial score (nSPS) is 17.8. The highest BCUT2D eigenvalue weighted by Gasteiger charge is 2.52. The molecule has 1 unspecified atom stereocenters. The maximum Gasteiger partial charge on any atom is 0.308 e. The van der Waals surface area contributed by atoms with Crippen molar-refractivity contribution >= 4 is 23.9 Å². The summed E-state index contributed by atoms with van der Waals surface area (Å²) in [6.07, 6.45) is 38.7. The van der Waals surface area contributed by atoms with Gasteiger partial charge in [-0.3, -0.25) is 19.2 Å². The van der Waals surface area contributed by atoms with Crippen LogP contribution in [0.5, 0.6) is 0 Å². The van der Waals surface area contributed by atoms with Crippen LogP contribution in [0.15, 0.2) is 48.6 Å². The van der Waals surface area contributed by atoms with E-state index in [9.17, 15) is 19.2 Å². The van der Waals surface area contributed by atoms with Crippen molar-refractivity contribution in [3.63, 3.8) is 0 Å². The Balaban J connectivity index is 2.80. The molecule has 64 heavy (non-hydrogen) atoms. The summed E-state index contributed by atoms with van der Waals surface area (Å²) in [6.45, 7) is 5.62. The van der Waals surface area contributed by atoms with Crippen LogP contribution in [0.1, 0.15) is 194 Å². The highest BCUT2D eigenvalue weighted by atomic mass is 16.8. The maximum absolute atomic E-state index is 13.4. The predicted octanol–water partition coefficient (Wildman–Crippen LogP) is 11.9. The fourth-order valence-corrected chi connectivity index (χ4v) is 7.29. The average Bonchev–Trinajstić information content (AvgIpc) is 3.55. The molecule has 0 bridgehead atoms. The molecule has 0 N–H and O–H groups in total. The fourth-order valence-electron chi connectivity index (χ4n) is 7.29. The van der Waals surface area contributed by atoms with E-state index >= 15 is 0 Å². The van der Waals surface area contributed by atoms with E-state index in [4.69, 9.17) is 23.7 Å². The van der Waals surface area contributed by atoms with Crippen molar-refractivity contribution in [3.8, 4) is 0 Å². The van der Waals surface area contributed by atoms with Gasteiger partial charge in [0.05, 0.1) is 0 Å². The first-order chi connectivity index (χ1) is 31.1. The molecule has 0 radical (unpaired) electrons. The third kappa shape index (κ3) is 34.1. The van der Waals surface area contributed by atoms with Gasteiger partial charge in [0.1, 0.15) is 12.7 Å². The molecular formula is C53H92N2O9. The van der Waals surface area contributed by atoms with Gasteiger partial charge in [0.15, 0.2) is 6.10 Å². The Labute approximate surface area is 390 Å². The summed E-state index contributed by atoms with van der Waals surface area (Å²) in [5.41, 5.74) is 0. The van der Waals surface area contributed by atoms with Crippen LogP contribution >= 0.6 is 0 Å². The van der Waals surface area contributed by atoms with E-state index in [1.165, 1.54) is 38.5 Å².